The van der Waals surface area contributed by atoms with Gasteiger partial charge >= 0.3 is 0 Å². The standard InChI is InChI=1S/C9H7F2NO/c1-5-2-3-12-6-4-7(9(10)11)13-8(5)6/h2-4,9H,1H3. The predicted octanol–water partition coefficient (Wildman–Crippen LogP) is 3.07. The Morgan fingerprint density at radius 2 is 2.23 bits per heavy atom. The van der Waals surface area contributed by atoms with Crippen molar-refractivity contribution in [1.29, 1.82) is 0 Å². The second-order valence-electron chi connectivity index (χ2n) is 2.79. The van der Waals surface area contributed by atoms with E-state index in [4.69, 9.17) is 4.42 Å². The van der Waals surface area contributed by atoms with Crippen LogP contribution in [0.15, 0.2) is 22.7 Å². The number of hydrogen-bond donors (Lipinski definition) is 0. The SMILES string of the molecule is Cc1ccnc2cc(C(F)F)oc12. The van der Waals surface area contributed by atoms with E-state index in [2.05, 4.69) is 4.98 Å². The zero-order chi connectivity index (χ0) is 9.42. The Morgan fingerprint density at radius 1 is 1.46 bits per heavy atom. The van der Waals surface area contributed by atoms with Crippen LogP contribution in [0, 0.1) is 6.92 Å². The number of halogens is 2. The highest BCUT2D eigenvalue weighted by atomic mass is 19.3. The van der Waals surface area contributed by atoms with E-state index in [0.717, 1.165) is 5.56 Å². The van der Waals surface area contributed by atoms with Crippen LogP contribution in [0.4, 0.5) is 8.78 Å². The van der Waals surface area contributed by atoms with E-state index in [-0.39, 0.29) is 5.76 Å². The number of alkyl halides is 2. The summed E-state index contributed by atoms with van der Waals surface area (Å²) in [6.45, 7) is 1.79. The molecule has 2 aromatic rings. The lowest BCUT2D eigenvalue weighted by molar-refractivity contribution is 0.124. The van der Waals surface area contributed by atoms with Crippen molar-refractivity contribution in [1.82, 2.24) is 4.98 Å². The molecule has 0 unspecified atom stereocenters. The van der Waals surface area contributed by atoms with Gasteiger partial charge in [0.15, 0.2) is 11.3 Å². The Balaban J connectivity index is 2.68. The number of pyridine rings is 1. The molecular weight excluding hydrogens is 176 g/mol. The molecule has 0 N–H and O–H groups in total. The monoisotopic (exact) mass is 183 g/mol. The highest BCUT2D eigenvalue weighted by molar-refractivity contribution is 5.76. The maximum Gasteiger partial charge on any atom is 0.295 e. The first-order valence-corrected chi connectivity index (χ1v) is 3.81. The number of rotatable bonds is 1. The van der Waals surface area contributed by atoms with E-state index in [1.807, 2.05) is 0 Å². The fourth-order valence-electron chi connectivity index (χ4n) is 1.19. The fraction of sp³-hybridized carbons (Fsp3) is 0.222. The highest BCUT2D eigenvalue weighted by Gasteiger charge is 2.14. The molecule has 0 atom stereocenters. The first-order valence-electron chi connectivity index (χ1n) is 3.81. The fourth-order valence-corrected chi connectivity index (χ4v) is 1.19. The van der Waals surface area contributed by atoms with Crippen molar-refractivity contribution in [2.45, 2.75) is 13.3 Å². The molecule has 0 bridgehead atoms. The smallest absolute Gasteiger partial charge is 0.295 e. The average Bonchev–Trinajstić information content (AvgIpc) is 2.49. The maximum atomic E-state index is 12.2. The normalized spacial score (nSPS) is 11.4. The lowest BCUT2D eigenvalue weighted by atomic mass is 10.2. The van der Waals surface area contributed by atoms with Crippen LogP contribution in [0.1, 0.15) is 17.7 Å². The molecule has 0 amide bonds. The van der Waals surface area contributed by atoms with Gasteiger partial charge in [0.25, 0.3) is 6.43 Å². The van der Waals surface area contributed by atoms with Crippen LogP contribution < -0.4 is 0 Å². The van der Waals surface area contributed by atoms with Crippen LogP contribution in [0.3, 0.4) is 0 Å². The van der Waals surface area contributed by atoms with Gasteiger partial charge in [0, 0.05) is 12.3 Å². The third-order valence-electron chi connectivity index (χ3n) is 1.84. The Hall–Kier alpha value is -1.45. The molecule has 0 saturated heterocycles. The van der Waals surface area contributed by atoms with Crippen molar-refractivity contribution in [3.05, 3.63) is 29.7 Å². The van der Waals surface area contributed by atoms with Crippen LogP contribution in [-0.4, -0.2) is 4.98 Å². The molecule has 13 heavy (non-hydrogen) atoms. The zero-order valence-corrected chi connectivity index (χ0v) is 6.92. The number of aryl methyl sites for hydroxylation is 1. The van der Waals surface area contributed by atoms with Crippen molar-refractivity contribution in [2.75, 3.05) is 0 Å². The molecule has 0 saturated carbocycles. The largest absolute Gasteiger partial charge is 0.453 e. The minimum atomic E-state index is -2.58. The third kappa shape index (κ3) is 1.28. The van der Waals surface area contributed by atoms with E-state index in [1.165, 1.54) is 6.07 Å². The molecule has 0 aromatic carbocycles. The Kier molecular flexibility index (Phi) is 1.76. The average molecular weight is 183 g/mol. The molecule has 0 spiro atoms. The van der Waals surface area contributed by atoms with Gasteiger partial charge in [-0.1, -0.05) is 0 Å². The van der Waals surface area contributed by atoms with Gasteiger partial charge in [0.2, 0.25) is 0 Å². The maximum absolute atomic E-state index is 12.2. The van der Waals surface area contributed by atoms with Gasteiger partial charge in [-0.25, -0.2) is 8.78 Å². The molecule has 2 rings (SSSR count). The van der Waals surface area contributed by atoms with Crippen molar-refractivity contribution in [3.63, 3.8) is 0 Å². The molecule has 2 heterocycles. The number of hydrogen-bond acceptors (Lipinski definition) is 2. The lowest BCUT2D eigenvalue weighted by Crippen LogP contribution is -1.75. The summed E-state index contributed by atoms with van der Waals surface area (Å²) in [5.74, 6) is -0.322. The van der Waals surface area contributed by atoms with Crippen LogP contribution in [0.25, 0.3) is 11.1 Å². The summed E-state index contributed by atoms with van der Waals surface area (Å²) in [5, 5.41) is 0. The number of furan rings is 1. The summed E-state index contributed by atoms with van der Waals surface area (Å²) in [7, 11) is 0. The van der Waals surface area contributed by atoms with Crippen molar-refractivity contribution in [3.8, 4) is 0 Å². The van der Waals surface area contributed by atoms with Crippen LogP contribution in [-0.2, 0) is 0 Å². The van der Waals surface area contributed by atoms with Gasteiger partial charge in [-0.3, -0.25) is 4.98 Å². The van der Waals surface area contributed by atoms with E-state index in [0.29, 0.717) is 11.1 Å². The van der Waals surface area contributed by atoms with Gasteiger partial charge in [0.1, 0.15) is 5.52 Å². The molecule has 2 nitrogen and oxygen atoms in total. The summed E-state index contributed by atoms with van der Waals surface area (Å²) in [6, 6.07) is 2.99. The van der Waals surface area contributed by atoms with Gasteiger partial charge in [-0.2, -0.15) is 0 Å². The molecule has 68 valence electrons. The van der Waals surface area contributed by atoms with Crippen LogP contribution >= 0.6 is 0 Å². The van der Waals surface area contributed by atoms with Gasteiger partial charge in [0.05, 0.1) is 0 Å². The number of aromatic nitrogens is 1. The lowest BCUT2D eigenvalue weighted by Gasteiger charge is -1.91. The van der Waals surface area contributed by atoms with Crippen molar-refractivity contribution < 1.29 is 13.2 Å². The Bertz CT molecular complexity index is 436. The first kappa shape index (κ1) is 8.16. The predicted molar refractivity (Wildman–Crippen MR) is 43.7 cm³/mol. The highest BCUT2D eigenvalue weighted by Crippen LogP contribution is 2.27. The zero-order valence-electron chi connectivity index (χ0n) is 6.92. The first-order chi connectivity index (χ1) is 6.18. The topological polar surface area (TPSA) is 26.0 Å². The summed E-state index contributed by atoms with van der Waals surface area (Å²) < 4.78 is 29.4. The van der Waals surface area contributed by atoms with Crippen LogP contribution in [0.5, 0.6) is 0 Å². The molecule has 4 heteroatoms. The second-order valence-corrected chi connectivity index (χ2v) is 2.79. The molecule has 0 aliphatic heterocycles. The summed E-state index contributed by atoms with van der Waals surface area (Å²) in [4.78, 5) is 3.92. The van der Waals surface area contributed by atoms with E-state index < -0.39 is 6.43 Å². The minimum absolute atomic E-state index is 0.322. The second kappa shape index (κ2) is 2.80. The van der Waals surface area contributed by atoms with Gasteiger partial charge < -0.3 is 4.42 Å². The summed E-state index contributed by atoms with van der Waals surface area (Å²) >= 11 is 0. The van der Waals surface area contributed by atoms with E-state index >= 15 is 0 Å². The van der Waals surface area contributed by atoms with Gasteiger partial charge in [-0.15, -0.1) is 0 Å². The molecule has 0 aliphatic carbocycles. The van der Waals surface area contributed by atoms with Gasteiger partial charge in [-0.05, 0) is 18.6 Å². The molecule has 0 radical (unpaired) electrons. The van der Waals surface area contributed by atoms with E-state index in [1.54, 1.807) is 19.2 Å². The molecule has 0 aliphatic rings. The number of fused-ring (bicyclic) bond motifs is 1. The van der Waals surface area contributed by atoms with Crippen LogP contribution in [0.2, 0.25) is 0 Å². The third-order valence-corrected chi connectivity index (χ3v) is 1.84. The summed E-state index contributed by atoms with van der Waals surface area (Å²) in [5.41, 5.74) is 1.74. The summed E-state index contributed by atoms with van der Waals surface area (Å²) in [6.07, 6.45) is -1.00. The minimum Gasteiger partial charge on any atom is -0.453 e. The Morgan fingerprint density at radius 3 is 2.85 bits per heavy atom. The van der Waals surface area contributed by atoms with Crippen molar-refractivity contribution in [2.24, 2.45) is 0 Å². The number of nitrogens with zero attached hydrogens (tertiary/aromatic N) is 1. The quantitative estimate of drug-likeness (QED) is 0.679. The molecule has 0 fully saturated rings. The molecule has 2 aromatic heterocycles. The van der Waals surface area contributed by atoms with E-state index in [9.17, 15) is 8.78 Å². The molecular formula is C9H7F2NO. The van der Waals surface area contributed by atoms with Crippen molar-refractivity contribution >= 4 is 11.1 Å². The Labute approximate surface area is 73.2 Å².